The summed E-state index contributed by atoms with van der Waals surface area (Å²) in [7, 11) is 0. The zero-order valence-electron chi connectivity index (χ0n) is 4.72. The lowest BCUT2D eigenvalue weighted by Gasteiger charge is -1.86. The van der Waals surface area contributed by atoms with Gasteiger partial charge in [0.15, 0.2) is 0 Å². The van der Waals surface area contributed by atoms with Crippen LogP contribution in [-0.4, -0.2) is 0 Å². The second-order valence-corrected chi connectivity index (χ2v) is 3.27. The standard InChI is InChI=1S/C6H8S2/c1-2-5-3-4-8-6(5)7/h3-4,7H,2H2,1H3. The summed E-state index contributed by atoms with van der Waals surface area (Å²) in [5, 5.41) is 2.07. The fourth-order valence-corrected chi connectivity index (χ4v) is 1.74. The van der Waals surface area contributed by atoms with Crippen LogP contribution in [0.25, 0.3) is 0 Å². The van der Waals surface area contributed by atoms with Gasteiger partial charge in [-0.1, -0.05) is 6.92 Å². The highest BCUT2D eigenvalue weighted by molar-refractivity contribution is 7.82. The molecule has 0 fully saturated rings. The molecular weight excluding hydrogens is 136 g/mol. The smallest absolute Gasteiger partial charge is 0.0599 e. The van der Waals surface area contributed by atoms with Gasteiger partial charge in [0.05, 0.1) is 4.21 Å². The molecule has 0 N–H and O–H groups in total. The Balaban J connectivity index is 2.92. The molecule has 1 rings (SSSR count). The Morgan fingerprint density at radius 1 is 1.75 bits per heavy atom. The van der Waals surface area contributed by atoms with Crippen LogP contribution in [-0.2, 0) is 6.42 Å². The quantitative estimate of drug-likeness (QED) is 0.575. The van der Waals surface area contributed by atoms with Crippen molar-refractivity contribution in [2.24, 2.45) is 0 Å². The molecule has 0 aliphatic rings. The lowest BCUT2D eigenvalue weighted by Crippen LogP contribution is -1.70. The van der Waals surface area contributed by atoms with Crippen LogP contribution in [0.2, 0.25) is 0 Å². The van der Waals surface area contributed by atoms with Gasteiger partial charge in [-0.3, -0.25) is 0 Å². The van der Waals surface area contributed by atoms with E-state index in [-0.39, 0.29) is 0 Å². The van der Waals surface area contributed by atoms with Crippen molar-refractivity contribution in [2.75, 3.05) is 0 Å². The van der Waals surface area contributed by atoms with E-state index in [0.29, 0.717) is 0 Å². The van der Waals surface area contributed by atoms with Gasteiger partial charge in [0, 0.05) is 0 Å². The number of aryl methyl sites for hydroxylation is 1. The normalized spacial score (nSPS) is 9.75. The minimum atomic E-state index is 1.10. The Hall–Kier alpha value is 0.0500. The molecule has 0 atom stereocenters. The monoisotopic (exact) mass is 144 g/mol. The van der Waals surface area contributed by atoms with Crippen molar-refractivity contribution in [2.45, 2.75) is 17.6 Å². The molecule has 0 aromatic carbocycles. The second-order valence-electron chi connectivity index (χ2n) is 1.60. The number of thiol groups is 1. The lowest BCUT2D eigenvalue weighted by molar-refractivity contribution is 1.12. The van der Waals surface area contributed by atoms with E-state index in [4.69, 9.17) is 0 Å². The minimum absolute atomic E-state index is 1.10. The van der Waals surface area contributed by atoms with Crippen LogP contribution in [0.5, 0.6) is 0 Å². The van der Waals surface area contributed by atoms with Crippen molar-refractivity contribution in [3.05, 3.63) is 17.0 Å². The van der Waals surface area contributed by atoms with Crippen molar-refractivity contribution >= 4 is 24.0 Å². The van der Waals surface area contributed by atoms with E-state index >= 15 is 0 Å². The molecule has 0 radical (unpaired) electrons. The molecule has 44 valence electrons. The molecule has 0 spiro atoms. The first-order chi connectivity index (χ1) is 3.84. The first-order valence-electron chi connectivity index (χ1n) is 2.60. The maximum atomic E-state index is 4.25. The average Bonchev–Trinajstić information content (AvgIpc) is 2.14. The molecular formula is C6H8S2. The molecule has 0 amide bonds. The number of hydrogen-bond donors (Lipinski definition) is 1. The summed E-state index contributed by atoms with van der Waals surface area (Å²) in [6.45, 7) is 2.14. The molecule has 0 nitrogen and oxygen atoms in total. The average molecular weight is 144 g/mol. The van der Waals surface area contributed by atoms with Gasteiger partial charge in [-0.05, 0) is 23.4 Å². The maximum absolute atomic E-state index is 4.25. The highest BCUT2D eigenvalue weighted by Gasteiger charge is 1.93. The molecule has 0 unspecified atom stereocenters. The van der Waals surface area contributed by atoms with E-state index in [1.54, 1.807) is 11.3 Å². The topological polar surface area (TPSA) is 0 Å². The third kappa shape index (κ3) is 1.06. The van der Waals surface area contributed by atoms with Gasteiger partial charge in [-0.15, -0.1) is 24.0 Å². The summed E-state index contributed by atoms with van der Waals surface area (Å²) in [5.41, 5.74) is 1.36. The molecule has 0 aliphatic carbocycles. The highest BCUT2D eigenvalue weighted by atomic mass is 32.2. The molecule has 1 heterocycles. The Morgan fingerprint density at radius 2 is 2.50 bits per heavy atom. The third-order valence-electron chi connectivity index (χ3n) is 1.10. The fourth-order valence-electron chi connectivity index (χ4n) is 0.597. The minimum Gasteiger partial charge on any atom is -0.137 e. The first kappa shape index (κ1) is 6.17. The van der Waals surface area contributed by atoms with Gasteiger partial charge in [0.1, 0.15) is 0 Å². The first-order valence-corrected chi connectivity index (χ1v) is 3.92. The summed E-state index contributed by atoms with van der Waals surface area (Å²) >= 11 is 5.94. The van der Waals surface area contributed by atoms with Crippen LogP contribution >= 0.6 is 24.0 Å². The Bertz CT molecular complexity index is 167. The molecule has 1 aromatic rings. The maximum Gasteiger partial charge on any atom is 0.0599 e. The van der Waals surface area contributed by atoms with Gasteiger partial charge in [-0.25, -0.2) is 0 Å². The molecule has 8 heavy (non-hydrogen) atoms. The van der Waals surface area contributed by atoms with Crippen LogP contribution in [0.15, 0.2) is 15.7 Å². The van der Waals surface area contributed by atoms with Crippen molar-refractivity contribution in [1.82, 2.24) is 0 Å². The largest absolute Gasteiger partial charge is 0.137 e. The van der Waals surface area contributed by atoms with Crippen LogP contribution in [0.4, 0.5) is 0 Å². The molecule has 0 aliphatic heterocycles. The van der Waals surface area contributed by atoms with E-state index in [2.05, 4.69) is 31.0 Å². The highest BCUT2D eigenvalue weighted by Crippen LogP contribution is 2.20. The van der Waals surface area contributed by atoms with Crippen LogP contribution in [0.3, 0.4) is 0 Å². The van der Waals surface area contributed by atoms with Gasteiger partial charge < -0.3 is 0 Å². The summed E-state index contributed by atoms with van der Waals surface area (Å²) in [4.78, 5) is 0. The summed E-state index contributed by atoms with van der Waals surface area (Å²) in [5.74, 6) is 0. The predicted octanol–water partition coefficient (Wildman–Crippen LogP) is 2.60. The summed E-state index contributed by atoms with van der Waals surface area (Å²) in [6.07, 6.45) is 1.10. The van der Waals surface area contributed by atoms with Crippen LogP contribution in [0.1, 0.15) is 12.5 Å². The number of hydrogen-bond acceptors (Lipinski definition) is 2. The molecule has 0 saturated carbocycles. The van der Waals surface area contributed by atoms with E-state index in [0.717, 1.165) is 10.6 Å². The van der Waals surface area contributed by atoms with Crippen LogP contribution in [0, 0.1) is 0 Å². The molecule has 0 bridgehead atoms. The molecule has 0 saturated heterocycles. The summed E-state index contributed by atoms with van der Waals surface area (Å²) < 4.78 is 1.16. The van der Waals surface area contributed by atoms with E-state index < -0.39 is 0 Å². The van der Waals surface area contributed by atoms with Crippen molar-refractivity contribution in [3.63, 3.8) is 0 Å². The van der Waals surface area contributed by atoms with Crippen LogP contribution < -0.4 is 0 Å². The van der Waals surface area contributed by atoms with E-state index in [9.17, 15) is 0 Å². The molecule has 1 aromatic heterocycles. The van der Waals surface area contributed by atoms with E-state index in [1.807, 2.05) is 0 Å². The fraction of sp³-hybridized carbons (Fsp3) is 0.333. The Morgan fingerprint density at radius 3 is 2.75 bits per heavy atom. The van der Waals surface area contributed by atoms with Gasteiger partial charge >= 0.3 is 0 Å². The Kier molecular flexibility index (Phi) is 1.97. The molecule has 2 heteroatoms. The predicted molar refractivity (Wildman–Crippen MR) is 40.9 cm³/mol. The SMILES string of the molecule is CCc1ccsc1S. The second kappa shape index (κ2) is 2.55. The summed E-state index contributed by atoms with van der Waals surface area (Å²) in [6, 6.07) is 2.12. The van der Waals surface area contributed by atoms with Gasteiger partial charge in [0.2, 0.25) is 0 Å². The Labute approximate surface area is 59.0 Å². The number of rotatable bonds is 1. The zero-order valence-corrected chi connectivity index (χ0v) is 6.43. The number of thiophene rings is 1. The van der Waals surface area contributed by atoms with Gasteiger partial charge in [-0.2, -0.15) is 0 Å². The van der Waals surface area contributed by atoms with Crippen molar-refractivity contribution in [3.8, 4) is 0 Å². The zero-order chi connectivity index (χ0) is 5.98. The third-order valence-corrected chi connectivity index (χ3v) is 2.47. The van der Waals surface area contributed by atoms with Crippen molar-refractivity contribution < 1.29 is 0 Å². The van der Waals surface area contributed by atoms with Crippen molar-refractivity contribution in [1.29, 1.82) is 0 Å². The van der Waals surface area contributed by atoms with E-state index in [1.165, 1.54) is 5.56 Å². The lowest BCUT2D eigenvalue weighted by atomic mass is 10.3. The van der Waals surface area contributed by atoms with Gasteiger partial charge in [0.25, 0.3) is 0 Å².